The Morgan fingerprint density at radius 2 is 2.00 bits per heavy atom. The predicted octanol–water partition coefficient (Wildman–Crippen LogP) is 2.51. The zero-order valence-corrected chi connectivity index (χ0v) is 13.9. The lowest BCUT2D eigenvalue weighted by Crippen LogP contribution is -2.43. The second kappa shape index (κ2) is 6.91. The van der Waals surface area contributed by atoms with Crippen LogP contribution in [-0.4, -0.2) is 35.3 Å². The van der Waals surface area contributed by atoms with E-state index in [9.17, 15) is 24.1 Å². The van der Waals surface area contributed by atoms with Gasteiger partial charge < -0.3 is 4.74 Å². The SMILES string of the molecule is COc1ccc(CCN2C(=O)Cc3cc([N+](=O)[O-])ccc3C2=O)c(F)c1. The number of methoxy groups -OCH3 is 1. The van der Waals surface area contributed by atoms with Crippen molar-refractivity contribution in [2.75, 3.05) is 13.7 Å². The average molecular weight is 358 g/mol. The maximum Gasteiger partial charge on any atom is 0.269 e. The van der Waals surface area contributed by atoms with Crippen LogP contribution in [0.25, 0.3) is 0 Å². The molecule has 26 heavy (non-hydrogen) atoms. The first-order valence-electron chi connectivity index (χ1n) is 7.85. The number of nitro groups is 1. The van der Waals surface area contributed by atoms with Crippen LogP contribution in [0.2, 0.25) is 0 Å². The van der Waals surface area contributed by atoms with E-state index in [1.807, 2.05) is 0 Å². The molecule has 2 aromatic rings. The highest BCUT2D eigenvalue weighted by Crippen LogP contribution is 2.25. The van der Waals surface area contributed by atoms with Gasteiger partial charge in [-0.3, -0.25) is 24.6 Å². The van der Waals surface area contributed by atoms with Gasteiger partial charge in [0.05, 0.1) is 18.5 Å². The van der Waals surface area contributed by atoms with Crippen LogP contribution in [0.15, 0.2) is 36.4 Å². The second-order valence-electron chi connectivity index (χ2n) is 5.83. The molecule has 0 aliphatic carbocycles. The van der Waals surface area contributed by atoms with Crippen molar-refractivity contribution in [3.63, 3.8) is 0 Å². The summed E-state index contributed by atoms with van der Waals surface area (Å²) in [6, 6.07) is 8.21. The monoisotopic (exact) mass is 358 g/mol. The van der Waals surface area contributed by atoms with E-state index in [1.54, 1.807) is 12.1 Å². The normalized spacial score (nSPS) is 13.5. The molecule has 134 valence electrons. The van der Waals surface area contributed by atoms with Crippen molar-refractivity contribution in [1.29, 1.82) is 0 Å². The molecule has 0 spiro atoms. The van der Waals surface area contributed by atoms with Crippen LogP contribution in [0, 0.1) is 15.9 Å². The largest absolute Gasteiger partial charge is 0.497 e. The first kappa shape index (κ1) is 17.5. The predicted molar refractivity (Wildman–Crippen MR) is 89.5 cm³/mol. The van der Waals surface area contributed by atoms with Crippen LogP contribution in [0.1, 0.15) is 21.5 Å². The molecule has 0 bridgehead atoms. The summed E-state index contributed by atoms with van der Waals surface area (Å²) in [6.45, 7) is 0.0251. The van der Waals surface area contributed by atoms with E-state index in [0.717, 1.165) is 4.90 Å². The number of halogens is 1. The van der Waals surface area contributed by atoms with Crippen LogP contribution in [0.3, 0.4) is 0 Å². The van der Waals surface area contributed by atoms with Crippen molar-refractivity contribution in [1.82, 2.24) is 4.90 Å². The number of hydrogen-bond acceptors (Lipinski definition) is 5. The molecule has 0 saturated carbocycles. The topological polar surface area (TPSA) is 89.8 Å². The third-order valence-electron chi connectivity index (χ3n) is 4.28. The first-order valence-corrected chi connectivity index (χ1v) is 7.85. The number of imide groups is 1. The van der Waals surface area contributed by atoms with Gasteiger partial charge in [-0.2, -0.15) is 0 Å². The quantitative estimate of drug-likeness (QED) is 0.465. The number of fused-ring (bicyclic) bond motifs is 1. The Bertz CT molecular complexity index is 912. The molecule has 0 aromatic heterocycles. The summed E-state index contributed by atoms with van der Waals surface area (Å²) >= 11 is 0. The van der Waals surface area contributed by atoms with E-state index >= 15 is 0 Å². The number of benzene rings is 2. The summed E-state index contributed by atoms with van der Waals surface area (Å²) < 4.78 is 19.0. The molecule has 7 nitrogen and oxygen atoms in total. The zero-order valence-electron chi connectivity index (χ0n) is 13.9. The van der Waals surface area contributed by atoms with E-state index in [1.165, 1.54) is 31.4 Å². The van der Waals surface area contributed by atoms with Gasteiger partial charge in [0.25, 0.3) is 11.6 Å². The van der Waals surface area contributed by atoms with Crippen LogP contribution in [0.4, 0.5) is 10.1 Å². The number of amides is 2. The number of ether oxygens (including phenoxy) is 1. The maximum atomic E-state index is 14.0. The van der Waals surface area contributed by atoms with Crippen molar-refractivity contribution < 1.29 is 23.6 Å². The molecule has 1 aliphatic rings. The van der Waals surface area contributed by atoms with Crippen LogP contribution in [-0.2, 0) is 17.6 Å². The lowest BCUT2D eigenvalue weighted by molar-refractivity contribution is -0.384. The molecule has 0 unspecified atom stereocenters. The van der Waals surface area contributed by atoms with E-state index in [-0.39, 0.29) is 30.6 Å². The summed E-state index contributed by atoms with van der Waals surface area (Å²) in [5.74, 6) is -1.08. The molecule has 0 N–H and O–H groups in total. The van der Waals surface area contributed by atoms with Gasteiger partial charge in [0.15, 0.2) is 0 Å². The van der Waals surface area contributed by atoms with Gasteiger partial charge in [-0.15, -0.1) is 0 Å². The Balaban J connectivity index is 1.78. The number of rotatable bonds is 5. The van der Waals surface area contributed by atoms with E-state index in [4.69, 9.17) is 4.74 Å². The lowest BCUT2D eigenvalue weighted by atomic mass is 9.97. The Morgan fingerprint density at radius 1 is 1.23 bits per heavy atom. The second-order valence-corrected chi connectivity index (χ2v) is 5.83. The summed E-state index contributed by atoms with van der Waals surface area (Å²) in [5, 5.41) is 10.8. The van der Waals surface area contributed by atoms with Crippen molar-refractivity contribution in [2.45, 2.75) is 12.8 Å². The number of carbonyl (C=O) groups is 2. The van der Waals surface area contributed by atoms with Crippen molar-refractivity contribution in [2.24, 2.45) is 0 Å². The van der Waals surface area contributed by atoms with Crippen molar-refractivity contribution in [3.05, 3.63) is 69.0 Å². The van der Waals surface area contributed by atoms with Crippen molar-refractivity contribution in [3.8, 4) is 5.75 Å². The number of non-ortho nitro benzene ring substituents is 1. The number of carbonyl (C=O) groups excluding carboxylic acids is 2. The van der Waals surface area contributed by atoms with Gasteiger partial charge >= 0.3 is 0 Å². The van der Waals surface area contributed by atoms with Crippen molar-refractivity contribution >= 4 is 17.5 Å². The molecule has 2 aromatic carbocycles. The molecule has 0 fully saturated rings. The van der Waals surface area contributed by atoms with Gasteiger partial charge in [-0.05, 0) is 29.7 Å². The summed E-state index contributed by atoms with van der Waals surface area (Å²) in [6.07, 6.45) is 0.0590. The van der Waals surface area contributed by atoms with Gasteiger partial charge in [0, 0.05) is 30.3 Å². The van der Waals surface area contributed by atoms with Gasteiger partial charge in [0.1, 0.15) is 11.6 Å². The van der Waals surface area contributed by atoms with Gasteiger partial charge in [-0.25, -0.2) is 4.39 Å². The number of nitrogens with zero attached hydrogens (tertiary/aromatic N) is 2. The molecule has 8 heteroatoms. The zero-order chi connectivity index (χ0) is 18.8. The minimum atomic E-state index is -0.575. The summed E-state index contributed by atoms with van der Waals surface area (Å²) in [7, 11) is 1.43. The molecular weight excluding hydrogens is 343 g/mol. The van der Waals surface area contributed by atoms with Crippen LogP contribution in [0.5, 0.6) is 5.75 Å². The lowest BCUT2D eigenvalue weighted by Gasteiger charge is -2.26. The highest BCUT2D eigenvalue weighted by atomic mass is 19.1. The van der Waals surface area contributed by atoms with Crippen LogP contribution >= 0.6 is 0 Å². The van der Waals surface area contributed by atoms with Gasteiger partial charge in [-0.1, -0.05) is 6.07 Å². The maximum absolute atomic E-state index is 14.0. The van der Waals surface area contributed by atoms with E-state index < -0.39 is 22.6 Å². The Hall–Kier alpha value is -3.29. The molecule has 2 amide bonds. The molecular formula is C18H15FN2O5. The smallest absolute Gasteiger partial charge is 0.269 e. The van der Waals surface area contributed by atoms with E-state index in [2.05, 4.69) is 0 Å². The average Bonchev–Trinajstić information content (AvgIpc) is 2.61. The third kappa shape index (κ3) is 3.26. The molecule has 3 rings (SSSR count). The summed E-state index contributed by atoms with van der Waals surface area (Å²) in [5.41, 5.74) is 0.783. The minimum Gasteiger partial charge on any atom is -0.497 e. The first-order chi connectivity index (χ1) is 12.4. The highest BCUT2D eigenvalue weighted by molar-refractivity contribution is 6.09. The molecule has 1 aliphatic heterocycles. The highest BCUT2D eigenvalue weighted by Gasteiger charge is 2.31. The Morgan fingerprint density at radius 3 is 2.65 bits per heavy atom. The Labute approximate surface area is 148 Å². The van der Waals surface area contributed by atoms with Gasteiger partial charge in [0.2, 0.25) is 5.91 Å². The standard InChI is InChI=1S/C18H15FN2O5/c1-26-14-4-2-11(16(19)10-14)6-7-20-17(22)9-12-8-13(21(24)25)3-5-15(12)18(20)23/h2-5,8,10H,6-7,9H2,1H3. The van der Waals surface area contributed by atoms with Crippen LogP contribution < -0.4 is 4.74 Å². The minimum absolute atomic E-state index is 0.0251. The fourth-order valence-corrected chi connectivity index (χ4v) is 2.88. The third-order valence-corrected chi connectivity index (χ3v) is 4.28. The molecule has 0 saturated heterocycles. The Kier molecular flexibility index (Phi) is 4.66. The molecule has 0 radical (unpaired) electrons. The molecule has 1 heterocycles. The summed E-state index contributed by atoms with van der Waals surface area (Å²) in [4.78, 5) is 36.1. The molecule has 0 atom stereocenters. The number of nitro benzene ring substituents is 1. The fraction of sp³-hybridized carbons (Fsp3) is 0.222. The fourth-order valence-electron chi connectivity index (χ4n) is 2.88. The van der Waals surface area contributed by atoms with E-state index in [0.29, 0.717) is 16.9 Å². The number of hydrogen-bond donors (Lipinski definition) is 0.